The van der Waals surface area contributed by atoms with E-state index in [1.165, 1.54) is 0 Å². The van der Waals surface area contributed by atoms with Gasteiger partial charge in [-0.15, -0.1) is 0 Å². The first kappa shape index (κ1) is 9.00. The van der Waals surface area contributed by atoms with Gasteiger partial charge in [-0.05, 0) is 11.8 Å². The average molecular weight is 184 g/mol. The summed E-state index contributed by atoms with van der Waals surface area (Å²) in [5.74, 6) is -0.559. The minimum Gasteiger partial charge on any atom is -0.481 e. The van der Waals surface area contributed by atoms with Gasteiger partial charge in [-0.25, -0.2) is 0 Å². The Balaban J connectivity index is 2.08. The predicted molar refractivity (Wildman–Crippen MR) is 47.4 cm³/mol. The first-order valence-electron chi connectivity index (χ1n) is 4.75. The van der Waals surface area contributed by atoms with Gasteiger partial charge in [0.2, 0.25) is 0 Å². The predicted octanol–water partition coefficient (Wildman–Crippen LogP) is 1.52. The third-order valence-corrected chi connectivity index (χ3v) is 3.43. The Labute approximate surface area is 78.1 Å². The van der Waals surface area contributed by atoms with E-state index in [2.05, 4.69) is 20.8 Å². The highest BCUT2D eigenvalue weighted by molar-refractivity contribution is 5.74. The molecular weight excluding hydrogens is 168 g/mol. The fourth-order valence-corrected chi connectivity index (χ4v) is 2.26. The van der Waals surface area contributed by atoms with E-state index in [0.29, 0.717) is 0 Å². The van der Waals surface area contributed by atoms with Crippen LogP contribution in [-0.4, -0.2) is 23.3 Å². The van der Waals surface area contributed by atoms with Crippen molar-refractivity contribution in [1.29, 1.82) is 0 Å². The standard InChI is InChI=1S/C10H16O3/c1-9(2,3)10(5-13-10)7-4-6(7)8(11)12/h6-7H,4-5H2,1-3H3,(H,11,12)/t6-,7-,10-/m0/s1. The fourth-order valence-electron chi connectivity index (χ4n) is 2.26. The smallest absolute Gasteiger partial charge is 0.306 e. The van der Waals surface area contributed by atoms with Crippen LogP contribution in [0, 0.1) is 17.3 Å². The topological polar surface area (TPSA) is 49.8 Å². The number of epoxide rings is 1. The van der Waals surface area contributed by atoms with Gasteiger partial charge in [0.15, 0.2) is 0 Å². The molecule has 0 unspecified atom stereocenters. The number of hydrogen-bond acceptors (Lipinski definition) is 2. The van der Waals surface area contributed by atoms with Crippen LogP contribution in [0.4, 0.5) is 0 Å². The Kier molecular flexibility index (Phi) is 1.57. The van der Waals surface area contributed by atoms with Crippen LogP contribution >= 0.6 is 0 Å². The summed E-state index contributed by atoms with van der Waals surface area (Å²) in [5.41, 5.74) is -0.0576. The van der Waals surface area contributed by atoms with E-state index in [-0.39, 0.29) is 22.9 Å². The van der Waals surface area contributed by atoms with Crippen LogP contribution in [-0.2, 0) is 9.53 Å². The van der Waals surface area contributed by atoms with Crippen molar-refractivity contribution in [1.82, 2.24) is 0 Å². The molecule has 0 aromatic carbocycles. The van der Waals surface area contributed by atoms with Crippen molar-refractivity contribution in [2.75, 3.05) is 6.61 Å². The van der Waals surface area contributed by atoms with Crippen molar-refractivity contribution < 1.29 is 14.6 Å². The third kappa shape index (κ3) is 1.17. The molecule has 0 bridgehead atoms. The molecule has 2 aliphatic rings. The molecule has 1 saturated heterocycles. The summed E-state index contributed by atoms with van der Waals surface area (Å²) < 4.78 is 5.50. The lowest BCUT2D eigenvalue weighted by molar-refractivity contribution is -0.139. The Morgan fingerprint density at radius 1 is 1.54 bits per heavy atom. The molecule has 1 saturated carbocycles. The SMILES string of the molecule is CC(C)(C)[C@@]1([C@H]2C[C@@H]2C(=O)O)CO1. The molecule has 1 aliphatic heterocycles. The summed E-state index contributed by atoms with van der Waals surface area (Å²) in [6.45, 7) is 7.11. The molecule has 3 atom stereocenters. The minimum atomic E-state index is -0.663. The van der Waals surface area contributed by atoms with Crippen molar-refractivity contribution in [3.63, 3.8) is 0 Å². The maximum absolute atomic E-state index is 10.7. The van der Waals surface area contributed by atoms with Crippen LogP contribution < -0.4 is 0 Å². The summed E-state index contributed by atoms with van der Waals surface area (Å²) in [7, 11) is 0. The van der Waals surface area contributed by atoms with E-state index in [0.717, 1.165) is 13.0 Å². The van der Waals surface area contributed by atoms with E-state index < -0.39 is 5.97 Å². The quantitative estimate of drug-likeness (QED) is 0.662. The van der Waals surface area contributed by atoms with Crippen LogP contribution in [0.2, 0.25) is 0 Å². The lowest BCUT2D eigenvalue weighted by Crippen LogP contribution is -2.33. The van der Waals surface area contributed by atoms with Crippen molar-refractivity contribution in [3.05, 3.63) is 0 Å². The van der Waals surface area contributed by atoms with Gasteiger partial charge in [-0.3, -0.25) is 4.79 Å². The largest absolute Gasteiger partial charge is 0.481 e. The monoisotopic (exact) mass is 184 g/mol. The molecule has 2 rings (SSSR count). The number of hydrogen-bond donors (Lipinski definition) is 1. The van der Waals surface area contributed by atoms with Crippen LogP contribution in [0.25, 0.3) is 0 Å². The second-order valence-electron chi connectivity index (χ2n) is 5.22. The zero-order valence-electron chi connectivity index (χ0n) is 8.33. The van der Waals surface area contributed by atoms with Gasteiger partial charge < -0.3 is 9.84 Å². The summed E-state index contributed by atoms with van der Waals surface area (Å²) in [6.07, 6.45) is 0.798. The average Bonchev–Trinajstić information content (AvgIpc) is 2.80. The van der Waals surface area contributed by atoms with Crippen molar-refractivity contribution in [3.8, 4) is 0 Å². The number of carbonyl (C=O) groups is 1. The highest BCUT2D eigenvalue weighted by Gasteiger charge is 2.68. The molecule has 0 spiro atoms. The van der Waals surface area contributed by atoms with Gasteiger partial charge in [0.25, 0.3) is 0 Å². The van der Waals surface area contributed by atoms with E-state index >= 15 is 0 Å². The Hall–Kier alpha value is -0.570. The van der Waals surface area contributed by atoms with Crippen molar-refractivity contribution in [2.24, 2.45) is 17.3 Å². The van der Waals surface area contributed by atoms with Gasteiger partial charge >= 0.3 is 5.97 Å². The Morgan fingerprint density at radius 3 is 2.31 bits per heavy atom. The second-order valence-corrected chi connectivity index (χ2v) is 5.22. The second kappa shape index (κ2) is 2.27. The zero-order valence-corrected chi connectivity index (χ0v) is 8.33. The zero-order chi connectivity index (χ0) is 9.85. The summed E-state index contributed by atoms with van der Waals surface area (Å²) in [6, 6.07) is 0. The van der Waals surface area contributed by atoms with E-state index in [1.807, 2.05) is 0 Å². The molecule has 1 aliphatic carbocycles. The van der Waals surface area contributed by atoms with Crippen LogP contribution in [0.5, 0.6) is 0 Å². The Bertz CT molecular complexity index is 247. The molecule has 13 heavy (non-hydrogen) atoms. The molecule has 0 amide bonds. The Morgan fingerprint density at radius 2 is 2.08 bits per heavy atom. The number of rotatable bonds is 2. The molecule has 3 nitrogen and oxygen atoms in total. The number of carboxylic acids is 1. The summed E-state index contributed by atoms with van der Waals surface area (Å²) in [5, 5.41) is 8.82. The molecular formula is C10H16O3. The van der Waals surface area contributed by atoms with Crippen molar-refractivity contribution >= 4 is 5.97 Å². The maximum Gasteiger partial charge on any atom is 0.306 e. The maximum atomic E-state index is 10.7. The molecule has 3 heteroatoms. The highest BCUT2D eigenvalue weighted by Crippen LogP contribution is 2.61. The van der Waals surface area contributed by atoms with E-state index in [1.54, 1.807) is 0 Å². The van der Waals surface area contributed by atoms with E-state index in [9.17, 15) is 4.79 Å². The molecule has 1 heterocycles. The first-order valence-corrected chi connectivity index (χ1v) is 4.75. The van der Waals surface area contributed by atoms with Gasteiger partial charge in [0.05, 0.1) is 12.5 Å². The van der Waals surface area contributed by atoms with Gasteiger partial charge in [-0.1, -0.05) is 20.8 Å². The number of aliphatic carboxylic acids is 1. The van der Waals surface area contributed by atoms with Gasteiger partial charge in [-0.2, -0.15) is 0 Å². The number of ether oxygens (including phenoxy) is 1. The fraction of sp³-hybridized carbons (Fsp3) is 0.900. The molecule has 1 N–H and O–H groups in total. The first-order chi connectivity index (χ1) is 5.88. The van der Waals surface area contributed by atoms with Crippen molar-refractivity contribution in [2.45, 2.75) is 32.8 Å². The molecule has 0 radical (unpaired) electrons. The summed E-state index contributed by atoms with van der Waals surface area (Å²) >= 11 is 0. The van der Waals surface area contributed by atoms with Crippen LogP contribution in [0.3, 0.4) is 0 Å². The molecule has 74 valence electrons. The van der Waals surface area contributed by atoms with Crippen LogP contribution in [0.15, 0.2) is 0 Å². The van der Waals surface area contributed by atoms with E-state index in [4.69, 9.17) is 9.84 Å². The molecule has 0 aromatic rings. The van der Waals surface area contributed by atoms with Gasteiger partial charge in [0.1, 0.15) is 5.60 Å². The summed E-state index contributed by atoms with van der Waals surface area (Å²) in [4.78, 5) is 10.7. The van der Waals surface area contributed by atoms with Gasteiger partial charge in [0, 0.05) is 5.92 Å². The van der Waals surface area contributed by atoms with Crippen LogP contribution in [0.1, 0.15) is 27.2 Å². The molecule has 0 aromatic heterocycles. The number of carboxylic acid groups (broad SMARTS) is 1. The third-order valence-electron chi connectivity index (χ3n) is 3.43. The normalized spacial score (nSPS) is 43.0. The lowest BCUT2D eigenvalue weighted by atomic mass is 9.77. The highest BCUT2D eigenvalue weighted by atomic mass is 16.6. The lowest BCUT2D eigenvalue weighted by Gasteiger charge is -2.27. The minimum absolute atomic E-state index is 0.0713. The molecule has 2 fully saturated rings.